The van der Waals surface area contributed by atoms with Crippen LogP contribution in [-0.4, -0.2) is 18.9 Å². The molecule has 1 amide bonds. The summed E-state index contributed by atoms with van der Waals surface area (Å²) in [6.07, 6.45) is 0.241. The van der Waals surface area contributed by atoms with E-state index in [9.17, 15) is 9.59 Å². The molecule has 0 N–H and O–H groups in total. The second-order valence-corrected chi connectivity index (χ2v) is 6.18. The molecule has 2 atom stereocenters. The van der Waals surface area contributed by atoms with Gasteiger partial charge in [-0.1, -0.05) is 18.2 Å². The first-order chi connectivity index (χ1) is 10.1. The Balaban J connectivity index is 1.96. The highest BCUT2D eigenvalue weighted by Crippen LogP contribution is 2.55. The van der Waals surface area contributed by atoms with E-state index in [2.05, 4.69) is 0 Å². The standard InChI is InChI=1S/C16H13NO3S/c1-17-13-5-3-2-4-11(13)16(15(17)19)12(8-14(18)20-16)10-6-7-21-9-10/h2-7,9,12H,8H2,1H3. The lowest BCUT2D eigenvalue weighted by atomic mass is 9.79. The normalized spacial score (nSPS) is 27.3. The number of esters is 1. The first-order valence-corrected chi connectivity index (χ1v) is 7.70. The summed E-state index contributed by atoms with van der Waals surface area (Å²) in [6.45, 7) is 0. The van der Waals surface area contributed by atoms with Crippen LogP contribution >= 0.6 is 11.3 Å². The number of anilines is 1. The summed E-state index contributed by atoms with van der Waals surface area (Å²) in [5.41, 5.74) is 1.41. The van der Waals surface area contributed by atoms with Crippen LogP contribution in [0, 0.1) is 0 Å². The van der Waals surface area contributed by atoms with Crippen molar-refractivity contribution in [1.29, 1.82) is 0 Å². The van der Waals surface area contributed by atoms with Crippen molar-refractivity contribution < 1.29 is 14.3 Å². The second-order valence-electron chi connectivity index (χ2n) is 5.40. The molecule has 1 aromatic carbocycles. The fourth-order valence-electron chi connectivity index (χ4n) is 3.42. The summed E-state index contributed by atoms with van der Waals surface area (Å²) in [4.78, 5) is 26.5. The summed E-state index contributed by atoms with van der Waals surface area (Å²) in [7, 11) is 1.73. The molecule has 0 bridgehead atoms. The maximum atomic E-state index is 12.9. The van der Waals surface area contributed by atoms with E-state index in [0.717, 1.165) is 16.8 Å². The minimum atomic E-state index is -1.19. The van der Waals surface area contributed by atoms with Gasteiger partial charge in [-0.2, -0.15) is 11.3 Å². The van der Waals surface area contributed by atoms with Crippen LogP contribution in [0.3, 0.4) is 0 Å². The fraction of sp³-hybridized carbons (Fsp3) is 0.250. The van der Waals surface area contributed by atoms with Gasteiger partial charge in [0.05, 0.1) is 12.1 Å². The number of hydrogen-bond donors (Lipinski definition) is 0. The molecule has 0 aliphatic carbocycles. The quantitative estimate of drug-likeness (QED) is 0.761. The minimum Gasteiger partial charge on any atom is -0.443 e. The third kappa shape index (κ3) is 1.49. The van der Waals surface area contributed by atoms with Gasteiger partial charge in [0.2, 0.25) is 5.60 Å². The Bertz CT molecular complexity index is 740. The van der Waals surface area contributed by atoms with Crippen molar-refractivity contribution in [3.8, 4) is 0 Å². The Hall–Kier alpha value is -2.14. The number of amides is 1. The molecule has 3 heterocycles. The molecule has 4 rings (SSSR count). The van der Waals surface area contributed by atoms with Gasteiger partial charge >= 0.3 is 5.97 Å². The molecule has 106 valence electrons. The number of carbonyl (C=O) groups excluding carboxylic acids is 2. The number of benzene rings is 1. The smallest absolute Gasteiger partial charge is 0.308 e. The number of rotatable bonds is 1. The van der Waals surface area contributed by atoms with Gasteiger partial charge in [-0.3, -0.25) is 9.59 Å². The molecule has 5 heteroatoms. The van der Waals surface area contributed by atoms with Crippen LogP contribution in [0.1, 0.15) is 23.5 Å². The number of para-hydroxylation sites is 1. The van der Waals surface area contributed by atoms with Gasteiger partial charge in [0.25, 0.3) is 5.91 Å². The number of likely N-dealkylation sites (N-methyl/N-ethyl adjacent to an activating group) is 1. The number of thiophene rings is 1. The lowest BCUT2D eigenvalue weighted by Gasteiger charge is -2.27. The molecule has 1 spiro atoms. The van der Waals surface area contributed by atoms with Crippen LogP contribution in [0.25, 0.3) is 0 Å². The van der Waals surface area contributed by atoms with Crippen molar-refractivity contribution in [3.05, 3.63) is 52.2 Å². The highest BCUT2D eigenvalue weighted by Gasteiger charge is 2.62. The average molecular weight is 299 g/mol. The summed E-state index contributed by atoms with van der Waals surface area (Å²) in [5.74, 6) is -0.731. The average Bonchev–Trinajstić information content (AvgIpc) is 3.17. The number of nitrogens with zero attached hydrogens (tertiary/aromatic N) is 1. The Morgan fingerprint density at radius 1 is 1.29 bits per heavy atom. The molecular weight excluding hydrogens is 286 g/mol. The maximum Gasteiger partial charge on any atom is 0.308 e. The molecule has 2 aliphatic heterocycles. The van der Waals surface area contributed by atoms with Gasteiger partial charge in [-0.15, -0.1) is 0 Å². The van der Waals surface area contributed by atoms with Gasteiger partial charge in [-0.05, 0) is 28.5 Å². The monoisotopic (exact) mass is 299 g/mol. The van der Waals surface area contributed by atoms with E-state index < -0.39 is 5.60 Å². The Kier molecular flexibility index (Phi) is 2.50. The van der Waals surface area contributed by atoms with E-state index in [-0.39, 0.29) is 24.2 Å². The molecule has 1 aromatic heterocycles. The summed E-state index contributed by atoms with van der Waals surface area (Å²) < 4.78 is 5.63. The van der Waals surface area contributed by atoms with Crippen molar-refractivity contribution in [2.75, 3.05) is 11.9 Å². The van der Waals surface area contributed by atoms with E-state index in [1.165, 1.54) is 0 Å². The van der Waals surface area contributed by atoms with Crippen molar-refractivity contribution in [1.82, 2.24) is 0 Å². The van der Waals surface area contributed by atoms with Crippen molar-refractivity contribution in [3.63, 3.8) is 0 Å². The molecule has 2 unspecified atom stereocenters. The van der Waals surface area contributed by atoms with Crippen molar-refractivity contribution >= 4 is 28.9 Å². The number of ether oxygens (including phenoxy) is 1. The molecule has 1 saturated heterocycles. The summed E-state index contributed by atoms with van der Waals surface area (Å²) in [6, 6.07) is 9.50. The van der Waals surface area contributed by atoms with Gasteiger partial charge < -0.3 is 9.64 Å². The summed E-state index contributed by atoms with van der Waals surface area (Å²) in [5, 5.41) is 3.95. The van der Waals surface area contributed by atoms with E-state index in [0.29, 0.717) is 0 Å². The molecular formula is C16H13NO3S. The van der Waals surface area contributed by atoms with Gasteiger partial charge in [0.1, 0.15) is 0 Å². The predicted molar refractivity (Wildman–Crippen MR) is 79.3 cm³/mol. The topological polar surface area (TPSA) is 46.6 Å². The Morgan fingerprint density at radius 3 is 2.86 bits per heavy atom. The van der Waals surface area contributed by atoms with Crippen LogP contribution in [0.2, 0.25) is 0 Å². The van der Waals surface area contributed by atoms with E-state index in [4.69, 9.17) is 4.74 Å². The molecule has 4 nitrogen and oxygen atoms in total. The molecule has 0 saturated carbocycles. The Labute approximate surface area is 126 Å². The lowest BCUT2D eigenvalue weighted by molar-refractivity contribution is -0.157. The maximum absolute atomic E-state index is 12.9. The first kappa shape index (κ1) is 12.6. The zero-order valence-corrected chi connectivity index (χ0v) is 12.2. The molecule has 2 aromatic rings. The third-order valence-corrected chi connectivity index (χ3v) is 5.07. The van der Waals surface area contributed by atoms with Crippen LogP contribution in [0.15, 0.2) is 41.1 Å². The SMILES string of the molecule is CN1C(=O)C2(OC(=O)CC2c2ccsc2)c2ccccc21. The summed E-state index contributed by atoms with van der Waals surface area (Å²) >= 11 is 1.56. The van der Waals surface area contributed by atoms with E-state index >= 15 is 0 Å². The number of fused-ring (bicyclic) bond motifs is 2. The minimum absolute atomic E-state index is 0.161. The van der Waals surface area contributed by atoms with Crippen molar-refractivity contribution in [2.45, 2.75) is 17.9 Å². The first-order valence-electron chi connectivity index (χ1n) is 6.76. The largest absolute Gasteiger partial charge is 0.443 e. The predicted octanol–water partition coefficient (Wildman–Crippen LogP) is 2.65. The molecule has 0 radical (unpaired) electrons. The number of carbonyl (C=O) groups is 2. The third-order valence-electron chi connectivity index (χ3n) is 4.37. The van der Waals surface area contributed by atoms with Crippen LogP contribution in [0.4, 0.5) is 5.69 Å². The van der Waals surface area contributed by atoms with Crippen LogP contribution in [-0.2, 0) is 19.9 Å². The van der Waals surface area contributed by atoms with E-state index in [1.54, 1.807) is 23.3 Å². The molecule has 1 fully saturated rings. The van der Waals surface area contributed by atoms with Crippen molar-refractivity contribution in [2.24, 2.45) is 0 Å². The zero-order valence-electron chi connectivity index (χ0n) is 11.4. The highest BCUT2D eigenvalue weighted by molar-refractivity contribution is 7.08. The second kappa shape index (κ2) is 4.18. The van der Waals surface area contributed by atoms with Gasteiger partial charge in [-0.25, -0.2) is 0 Å². The lowest BCUT2D eigenvalue weighted by Crippen LogP contribution is -2.42. The molecule has 21 heavy (non-hydrogen) atoms. The molecule has 2 aliphatic rings. The van der Waals surface area contributed by atoms with Crippen LogP contribution in [0.5, 0.6) is 0 Å². The van der Waals surface area contributed by atoms with Gasteiger partial charge in [0.15, 0.2) is 0 Å². The number of hydrogen-bond acceptors (Lipinski definition) is 4. The highest BCUT2D eigenvalue weighted by atomic mass is 32.1. The van der Waals surface area contributed by atoms with E-state index in [1.807, 2.05) is 41.1 Å². The fourth-order valence-corrected chi connectivity index (χ4v) is 4.13. The zero-order chi connectivity index (χ0) is 14.6. The van der Waals surface area contributed by atoms with Gasteiger partial charge in [0, 0.05) is 18.5 Å². The Morgan fingerprint density at radius 2 is 2.10 bits per heavy atom. The van der Waals surface area contributed by atoms with Crippen LogP contribution < -0.4 is 4.90 Å².